The first-order valence-electron chi connectivity index (χ1n) is 11.0. The van der Waals surface area contributed by atoms with Gasteiger partial charge in [0.1, 0.15) is 73.2 Å². The molecule has 3 rings (SSSR count). The lowest BCUT2D eigenvalue weighted by molar-refractivity contribution is -0.364. The third kappa shape index (κ3) is 5.93. The van der Waals surface area contributed by atoms with E-state index in [2.05, 4.69) is 0 Å². The number of ether oxygens (including phenoxy) is 6. The van der Waals surface area contributed by atoms with Gasteiger partial charge in [0.25, 0.3) is 0 Å². The van der Waals surface area contributed by atoms with Crippen LogP contribution in [0.15, 0.2) is 0 Å². The van der Waals surface area contributed by atoms with Crippen LogP contribution in [0, 0.1) is 0 Å². The lowest BCUT2D eigenvalue weighted by Crippen LogP contribution is -2.65. The molecule has 0 aliphatic carbocycles. The summed E-state index contributed by atoms with van der Waals surface area (Å²) in [5.41, 5.74) is 0. The van der Waals surface area contributed by atoms with Crippen molar-refractivity contribution >= 4 is 0 Å². The van der Waals surface area contributed by atoms with Gasteiger partial charge in [-0.2, -0.15) is 0 Å². The van der Waals surface area contributed by atoms with E-state index < -0.39 is 112 Å². The molecule has 0 aromatic heterocycles. The molecule has 0 aromatic carbocycles. The van der Waals surface area contributed by atoms with Gasteiger partial charge in [-0.1, -0.05) is 0 Å². The fraction of sp³-hybridized carbons (Fsp3) is 1.00. The van der Waals surface area contributed by atoms with Crippen LogP contribution in [0.25, 0.3) is 0 Å². The van der Waals surface area contributed by atoms with Crippen LogP contribution in [0.3, 0.4) is 0 Å². The summed E-state index contributed by atoms with van der Waals surface area (Å²) in [7, 11) is 1.19. The fourth-order valence-corrected chi connectivity index (χ4v) is 4.13. The van der Waals surface area contributed by atoms with E-state index in [0.717, 1.165) is 0 Å². The Morgan fingerprint density at radius 1 is 0.543 bits per heavy atom. The number of methoxy groups -OCH3 is 1. The van der Waals surface area contributed by atoms with Crippen LogP contribution in [0.4, 0.5) is 0 Å². The van der Waals surface area contributed by atoms with Crippen molar-refractivity contribution in [3.63, 3.8) is 0 Å². The molecule has 0 unspecified atom stereocenters. The normalized spacial score (nSPS) is 51.3. The fourth-order valence-electron chi connectivity index (χ4n) is 4.13. The maximum Gasteiger partial charge on any atom is 0.187 e. The molecule has 0 saturated carbocycles. The second-order valence-corrected chi connectivity index (χ2v) is 8.59. The predicted octanol–water partition coefficient (Wildman–Crippen LogP) is -6.92. The number of hydrogen-bond donors (Lipinski definition) is 10. The summed E-state index contributed by atoms with van der Waals surface area (Å²) in [6.45, 7) is -1.93. The van der Waals surface area contributed by atoms with Gasteiger partial charge in [0, 0.05) is 7.11 Å². The van der Waals surface area contributed by atoms with E-state index in [-0.39, 0.29) is 0 Å². The maximum atomic E-state index is 10.8. The van der Waals surface area contributed by atoms with Crippen molar-refractivity contribution in [2.75, 3.05) is 26.9 Å². The smallest absolute Gasteiger partial charge is 0.187 e. The molecule has 3 heterocycles. The lowest BCUT2D eigenvalue weighted by atomic mass is 9.97. The molecule has 15 atom stereocenters. The van der Waals surface area contributed by atoms with E-state index in [1.165, 1.54) is 7.11 Å². The second-order valence-electron chi connectivity index (χ2n) is 8.59. The van der Waals surface area contributed by atoms with Crippen LogP contribution in [-0.2, 0) is 28.4 Å². The summed E-state index contributed by atoms with van der Waals surface area (Å²) in [5, 5.41) is 99.9. The van der Waals surface area contributed by atoms with Gasteiger partial charge >= 0.3 is 0 Å². The zero-order chi connectivity index (χ0) is 26.0. The van der Waals surface area contributed by atoms with E-state index in [1.54, 1.807) is 0 Å². The van der Waals surface area contributed by atoms with Crippen molar-refractivity contribution in [3.05, 3.63) is 0 Å². The Bertz CT molecular complexity index is 652. The summed E-state index contributed by atoms with van der Waals surface area (Å²) in [6.07, 6.45) is -23.5. The minimum absolute atomic E-state index is 0.523. The first-order chi connectivity index (χ1) is 16.5. The number of rotatable bonds is 8. The van der Waals surface area contributed by atoms with Gasteiger partial charge in [-0.3, -0.25) is 0 Å². The van der Waals surface area contributed by atoms with E-state index in [9.17, 15) is 51.1 Å². The molecular weight excluding hydrogens is 484 g/mol. The number of hydrogen-bond acceptors (Lipinski definition) is 16. The molecule has 0 spiro atoms. The Kier molecular flexibility index (Phi) is 10.1. The quantitative estimate of drug-likeness (QED) is 0.143. The van der Waals surface area contributed by atoms with Crippen LogP contribution in [0.5, 0.6) is 0 Å². The average Bonchev–Trinajstić information content (AvgIpc) is 2.85. The van der Waals surface area contributed by atoms with Crippen LogP contribution in [0.2, 0.25) is 0 Å². The van der Waals surface area contributed by atoms with Crippen molar-refractivity contribution in [1.29, 1.82) is 0 Å². The predicted molar refractivity (Wildman–Crippen MR) is 106 cm³/mol. The highest BCUT2D eigenvalue weighted by atomic mass is 16.7. The van der Waals surface area contributed by atoms with Crippen LogP contribution in [-0.4, -0.2) is 170 Å². The summed E-state index contributed by atoms with van der Waals surface area (Å²) in [6, 6.07) is 0. The van der Waals surface area contributed by atoms with Crippen molar-refractivity contribution < 1.29 is 79.5 Å². The molecule has 10 N–H and O–H groups in total. The van der Waals surface area contributed by atoms with E-state index in [0.29, 0.717) is 0 Å². The highest BCUT2D eigenvalue weighted by molar-refractivity contribution is 4.95. The summed E-state index contributed by atoms with van der Waals surface area (Å²) in [4.78, 5) is 0. The van der Waals surface area contributed by atoms with E-state index in [4.69, 9.17) is 28.4 Å². The minimum atomic E-state index is -1.81. The van der Waals surface area contributed by atoms with Crippen molar-refractivity contribution in [2.24, 2.45) is 0 Å². The van der Waals surface area contributed by atoms with E-state index >= 15 is 0 Å². The topological polar surface area (TPSA) is 258 Å². The molecule has 0 radical (unpaired) electrons. The molecule has 3 fully saturated rings. The Morgan fingerprint density at radius 3 is 1.54 bits per heavy atom. The van der Waals surface area contributed by atoms with E-state index in [1.807, 2.05) is 0 Å². The summed E-state index contributed by atoms with van der Waals surface area (Å²) < 4.78 is 31.9. The molecule has 3 aliphatic rings. The molecule has 16 heteroatoms. The highest BCUT2D eigenvalue weighted by Crippen LogP contribution is 2.30. The van der Waals surface area contributed by atoms with Gasteiger partial charge in [-0.25, -0.2) is 0 Å². The minimum Gasteiger partial charge on any atom is -0.394 e. The first kappa shape index (κ1) is 28.9. The van der Waals surface area contributed by atoms with Gasteiger partial charge in [0.05, 0.1) is 19.8 Å². The summed E-state index contributed by atoms with van der Waals surface area (Å²) in [5.74, 6) is 0. The Morgan fingerprint density at radius 2 is 1.03 bits per heavy atom. The first-order valence-corrected chi connectivity index (χ1v) is 11.0. The standard InChI is InChI=1S/C19H34O16/c1-30-17-15(29)16(35-19-14(28)12(26)9(23)6(3-21)33-19)10(24)7(34-17)4-31-18-13(27)11(25)8(22)5(2-20)32-18/h5-29H,2-4H2,1H3/t5-,6-,7-,8-,9-,10-,11+,12+,13+,14-,15+,16+,17+,18+,19+/m1/s1. The molecular formula is C19H34O16. The Balaban J connectivity index is 1.69. The Labute approximate surface area is 199 Å². The third-order valence-electron chi connectivity index (χ3n) is 6.29. The van der Waals surface area contributed by atoms with Gasteiger partial charge in [-0.05, 0) is 0 Å². The molecule has 3 saturated heterocycles. The SMILES string of the molecule is CO[C@H]1O[C@H](CO[C@H]2O[C@H](CO)[C@@H](O)[C@H](O)[C@@H]2O)[C@@H](O)[C@H](O[C@@H]2O[C@H](CO)[C@@H](O)[C@H](O)[C@H]2O)[C@@H]1O. The van der Waals surface area contributed by atoms with Gasteiger partial charge in [0.15, 0.2) is 18.9 Å². The molecule has 3 aliphatic heterocycles. The van der Waals surface area contributed by atoms with Crippen LogP contribution in [0.1, 0.15) is 0 Å². The van der Waals surface area contributed by atoms with Gasteiger partial charge < -0.3 is 79.5 Å². The second kappa shape index (κ2) is 12.3. The average molecular weight is 518 g/mol. The molecule has 0 amide bonds. The van der Waals surface area contributed by atoms with Crippen LogP contribution >= 0.6 is 0 Å². The summed E-state index contributed by atoms with van der Waals surface area (Å²) >= 11 is 0. The van der Waals surface area contributed by atoms with Gasteiger partial charge in [0.2, 0.25) is 0 Å². The Hall–Kier alpha value is -0.640. The number of aliphatic hydroxyl groups is 10. The van der Waals surface area contributed by atoms with Crippen molar-refractivity contribution in [2.45, 2.75) is 92.1 Å². The lowest BCUT2D eigenvalue weighted by Gasteiger charge is -2.46. The maximum absolute atomic E-state index is 10.8. The molecule has 0 aromatic rings. The van der Waals surface area contributed by atoms with Gasteiger partial charge in [-0.15, -0.1) is 0 Å². The zero-order valence-corrected chi connectivity index (χ0v) is 18.7. The third-order valence-corrected chi connectivity index (χ3v) is 6.29. The van der Waals surface area contributed by atoms with Crippen molar-refractivity contribution in [1.82, 2.24) is 0 Å². The number of aliphatic hydroxyl groups excluding tert-OH is 10. The molecule has 206 valence electrons. The van der Waals surface area contributed by atoms with Crippen molar-refractivity contribution in [3.8, 4) is 0 Å². The zero-order valence-electron chi connectivity index (χ0n) is 18.7. The largest absolute Gasteiger partial charge is 0.394 e. The molecule has 16 nitrogen and oxygen atoms in total. The van der Waals surface area contributed by atoms with Crippen LogP contribution < -0.4 is 0 Å². The highest BCUT2D eigenvalue weighted by Gasteiger charge is 2.51. The molecule has 0 bridgehead atoms. The molecule has 35 heavy (non-hydrogen) atoms. The monoisotopic (exact) mass is 518 g/mol.